The summed E-state index contributed by atoms with van der Waals surface area (Å²) in [5, 5.41) is 1.96. The first kappa shape index (κ1) is 16.0. The molecule has 2 aliphatic heterocycles. The van der Waals surface area contributed by atoms with Crippen LogP contribution in [0, 0.1) is 0 Å². The Labute approximate surface area is 149 Å². The molecular weight excluding hydrogens is 340 g/mol. The van der Waals surface area contributed by atoms with Crippen LogP contribution in [0.5, 0.6) is 0 Å². The highest BCUT2D eigenvalue weighted by Gasteiger charge is 2.47. The molecule has 2 aromatic rings. The van der Waals surface area contributed by atoms with Crippen molar-refractivity contribution in [2.45, 2.75) is 18.4 Å². The molecule has 8 heteroatoms. The molecule has 0 N–H and O–H groups in total. The highest BCUT2D eigenvalue weighted by Crippen LogP contribution is 2.32. The molecule has 2 fully saturated rings. The Morgan fingerprint density at radius 2 is 2.12 bits per heavy atom. The van der Waals surface area contributed by atoms with Crippen LogP contribution in [0.25, 0.3) is 10.7 Å². The third kappa shape index (κ3) is 2.97. The summed E-state index contributed by atoms with van der Waals surface area (Å²) in [5.41, 5.74) is -0.132. The van der Waals surface area contributed by atoms with Crippen LogP contribution in [0.4, 0.5) is 4.79 Å². The van der Waals surface area contributed by atoms with Gasteiger partial charge < -0.3 is 14.5 Å². The molecule has 0 unspecified atom stereocenters. The quantitative estimate of drug-likeness (QED) is 0.823. The molecule has 25 heavy (non-hydrogen) atoms. The van der Waals surface area contributed by atoms with Crippen molar-refractivity contribution in [3.8, 4) is 10.7 Å². The van der Waals surface area contributed by atoms with Gasteiger partial charge in [-0.3, -0.25) is 4.79 Å². The van der Waals surface area contributed by atoms with Crippen LogP contribution in [0.1, 0.15) is 23.2 Å². The number of hydrogen-bond donors (Lipinski definition) is 0. The second-order valence-corrected chi connectivity index (χ2v) is 7.46. The molecule has 0 bridgehead atoms. The van der Waals surface area contributed by atoms with Crippen molar-refractivity contribution in [2.24, 2.45) is 0 Å². The second kappa shape index (κ2) is 6.11. The van der Waals surface area contributed by atoms with Crippen molar-refractivity contribution in [2.75, 3.05) is 26.7 Å². The van der Waals surface area contributed by atoms with Gasteiger partial charge in [0.15, 0.2) is 5.82 Å². The van der Waals surface area contributed by atoms with Gasteiger partial charge in [-0.05, 0) is 24.3 Å². The van der Waals surface area contributed by atoms with Gasteiger partial charge in [-0.25, -0.2) is 14.8 Å². The molecule has 4 heterocycles. The lowest BCUT2D eigenvalue weighted by atomic mass is 9.92. The summed E-state index contributed by atoms with van der Waals surface area (Å²) in [6, 6.07) is 3.89. The number of likely N-dealkylation sites (N-methyl/N-ethyl adjacent to an activating group) is 1. The zero-order valence-corrected chi connectivity index (χ0v) is 14.7. The van der Waals surface area contributed by atoms with Crippen LogP contribution in [-0.4, -0.2) is 64.1 Å². The average Bonchev–Trinajstić information content (AvgIpc) is 3.24. The Morgan fingerprint density at radius 1 is 1.32 bits per heavy atom. The molecule has 1 spiro atoms. The molecule has 1 atom stereocenters. The zero-order valence-electron chi connectivity index (χ0n) is 13.8. The van der Waals surface area contributed by atoms with Crippen LogP contribution in [0.2, 0.25) is 0 Å². The van der Waals surface area contributed by atoms with E-state index in [4.69, 9.17) is 4.74 Å². The molecule has 0 aliphatic carbocycles. The Bertz CT molecular complexity index is 793. The van der Waals surface area contributed by atoms with Crippen LogP contribution in [0.15, 0.2) is 29.9 Å². The van der Waals surface area contributed by atoms with E-state index in [0.717, 1.165) is 17.7 Å². The number of thiophene rings is 1. The lowest BCUT2D eigenvalue weighted by Gasteiger charge is -2.38. The summed E-state index contributed by atoms with van der Waals surface area (Å²) in [4.78, 5) is 37.4. The molecule has 0 saturated carbocycles. The lowest BCUT2D eigenvalue weighted by Crippen LogP contribution is -2.52. The summed E-state index contributed by atoms with van der Waals surface area (Å²) in [5.74, 6) is 0.496. The van der Waals surface area contributed by atoms with Gasteiger partial charge in [-0.15, -0.1) is 11.3 Å². The fourth-order valence-electron chi connectivity index (χ4n) is 3.43. The number of carbonyl (C=O) groups excluding carboxylic acids is 2. The van der Waals surface area contributed by atoms with E-state index in [1.165, 1.54) is 0 Å². The smallest absolute Gasteiger partial charge is 0.410 e. The van der Waals surface area contributed by atoms with Gasteiger partial charge in [-0.1, -0.05) is 6.07 Å². The van der Waals surface area contributed by atoms with E-state index in [2.05, 4.69) is 9.97 Å². The number of nitrogens with zero attached hydrogens (tertiary/aromatic N) is 4. The van der Waals surface area contributed by atoms with E-state index in [-0.39, 0.29) is 12.0 Å². The van der Waals surface area contributed by atoms with Crippen molar-refractivity contribution in [3.05, 3.63) is 35.5 Å². The molecule has 2 amide bonds. The Hall–Kier alpha value is -2.48. The van der Waals surface area contributed by atoms with Crippen molar-refractivity contribution in [1.82, 2.24) is 19.8 Å². The third-order valence-electron chi connectivity index (χ3n) is 4.61. The fraction of sp³-hybridized carbons (Fsp3) is 0.412. The molecule has 4 rings (SSSR count). The molecule has 130 valence electrons. The predicted molar refractivity (Wildman–Crippen MR) is 92.3 cm³/mol. The first-order valence-electron chi connectivity index (χ1n) is 8.16. The third-order valence-corrected chi connectivity index (χ3v) is 5.47. The Morgan fingerprint density at radius 3 is 2.76 bits per heavy atom. The minimum absolute atomic E-state index is 0.123. The van der Waals surface area contributed by atoms with Gasteiger partial charge in [0.2, 0.25) is 0 Å². The Kier molecular flexibility index (Phi) is 3.91. The normalized spacial score (nSPS) is 23.2. The predicted octanol–water partition coefficient (Wildman–Crippen LogP) is 2.26. The summed E-state index contributed by atoms with van der Waals surface area (Å²) < 4.78 is 5.55. The van der Waals surface area contributed by atoms with E-state index in [0.29, 0.717) is 31.0 Å². The number of carbonyl (C=O) groups is 2. The second-order valence-electron chi connectivity index (χ2n) is 6.51. The van der Waals surface area contributed by atoms with Gasteiger partial charge in [-0.2, -0.15) is 0 Å². The fourth-order valence-corrected chi connectivity index (χ4v) is 4.10. The summed E-state index contributed by atoms with van der Waals surface area (Å²) in [6.45, 7) is 1.58. The van der Waals surface area contributed by atoms with Crippen LogP contribution >= 0.6 is 11.3 Å². The van der Waals surface area contributed by atoms with Gasteiger partial charge in [0.1, 0.15) is 5.60 Å². The Balaban J connectivity index is 1.50. The highest BCUT2D eigenvalue weighted by molar-refractivity contribution is 7.13. The van der Waals surface area contributed by atoms with Gasteiger partial charge in [0, 0.05) is 26.0 Å². The van der Waals surface area contributed by atoms with E-state index in [9.17, 15) is 9.59 Å². The molecule has 2 saturated heterocycles. The number of ether oxygens (including phenoxy) is 1. The molecule has 2 aliphatic rings. The highest BCUT2D eigenvalue weighted by atomic mass is 32.1. The molecule has 0 aromatic carbocycles. The average molecular weight is 358 g/mol. The number of amides is 2. The maximum Gasteiger partial charge on any atom is 0.410 e. The van der Waals surface area contributed by atoms with Crippen molar-refractivity contribution >= 4 is 23.3 Å². The number of piperidine rings is 1. The summed E-state index contributed by atoms with van der Waals surface area (Å²) in [6.07, 6.45) is 4.40. The number of hydrogen-bond acceptors (Lipinski definition) is 6. The van der Waals surface area contributed by atoms with Gasteiger partial charge in [0.25, 0.3) is 5.91 Å². The van der Waals surface area contributed by atoms with E-state index in [1.807, 2.05) is 17.5 Å². The monoisotopic (exact) mass is 358 g/mol. The number of rotatable bonds is 2. The van der Waals surface area contributed by atoms with E-state index < -0.39 is 5.60 Å². The van der Waals surface area contributed by atoms with Gasteiger partial charge in [0.05, 0.1) is 23.5 Å². The first-order valence-corrected chi connectivity index (χ1v) is 9.04. The maximum absolute atomic E-state index is 12.8. The van der Waals surface area contributed by atoms with Crippen LogP contribution < -0.4 is 0 Å². The minimum atomic E-state index is -0.586. The van der Waals surface area contributed by atoms with Crippen LogP contribution in [0.3, 0.4) is 0 Å². The molecule has 2 aromatic heterocycles. The lowest BCUT2D eigenvalue weighted by molar-refractivity contribution is -0.00524. The molecule has 7 nitrogen and oxygen atoms in total. The minimum Gasteiger partial charge on any atom is -0.439 e. The molecular formula is C17H18N4O3S. The molecule has 0 radical (unpaired) electrons. The van der Waals surface area contributed by atoms with E-state index >= 15 is 0 Å². The number of likely N-dealkylation sites (tertiary alicyclic amines) is 1. The summed E-state index contributed by atoms with van der Waals surface area (Å²) >= 11 is 1.56. The standard InChI is InChI=1S/C17H18N4O3S/c1-20-10-17(24-16(20)23)5-3-6-21(11-17)15(22)12-8-18-14(19-9-12)13-4-2-7-25-13/h2,4,7-9H,3,5-6,10-11H2,1H3/t17-/m1/s1. The topological polar surface area (TPSA) is 75.6 Å². The van der Waals surface area contributed by atoms with Crippen molar-refractivity contribution < 1.29 is 14.3 Å². The van der Waals surface area contributed by atoms with Gasteiger partial charge >= 0.3 is 6.09 Å². The SMILES string of the molecule is CN1C[C@@]2(CCCN(C(=O)c3cnc(-c4cccs4)nc3)C2)OC1=O. The largest absolute Gasteiger partial charge is 0.439 e. The maximum atomic E-state index is 12.8. The van der Waals surface area contributed by atoms with E-state index in [1.54, 1.807) is 40.6 Å². The van der Waals surface area contributed by atoms with Crippen molar-refractivity contribution in [3.63, 3.8) is 0 Å². The van der Waals surface area contributed by atoms with Crippen molar-refractivity contribution in [1.29, 1.82) is 0 Å². The summed E-state index contributed by atoms with van der Waals surface area (Å²) in [7, 11) is 1.72. The first-order chi connectivity index (χ1) is 12.1. The van der Waals surface area contributed by atoms with Crippen LogP contribution in [-0.2, 0) is 4.74 Å². The number of aromatic nitrogens is 2. The zero-order chi connectivity index (χ0) is 17.4.